The van der Waals surface area contributed by atoms with Gasteiger partial charge < -0.3 is 19.5 Å². The van der Waals surface area contributed by atoms with E-state index in [-0.39, 0.29) is 24.1 Å². The smallest absolute Gasteiger partial charge is 0.338 e. The Labute approximate surface area is 203 Å². The molecule has 1 fully saturated rings. The van der Waals surface area contributed by atoms with Crippen LogP contribution in [0, 0.1) is 5.41 Å². The van der Waals surface area contributed by atoms with Crippen LogP contribution in [0.15, 0.2) is 36.4 Å². The van der Waals surface area contributed by atoms with Crippen LogP contribution in [0.2, 0.25) is 0 Å². The first-order chi connectivity index (χ1) is 16.7. The van der Waals surface area contributed by atoms with Crippen molar-refractivity contribution in [3.05, 3.63) is 53.3 Å². The number of hydrogen-bond donors (Lipinski definition) is 1. The van der Waals surface area contributed by atoms with E-state index in [1.807, 2.05) is 12.1 Å². The zero-order valence-corrected chi connectivity index (χ0v) is 20.2. The van der Waals surface area contributed by atoms with Crippen molar-refractivity contribution in [2.24, 2.45) is 5.41 Å². The van der Waals surface area contributed by atoms with Crippen LogP contribution in [-0.4, -0.2) is 35.2 Å². The maximum atomic E-state index is 14.0. The summed E-state index contributed by atoms with van der Waals surface area (Å²) in [6.45, 7) is 8.73. The summed E-state index contributed by atoms with van der Waals surface area (Å²) < 4.78 is 16.1. The third kappa shape index (κ3) is 2.73. The monoisotopic (exact) mass is 473 g/mol. The van der Waals surface area contributed by atoms with Gasteiger partial charge in [0, 0.05) is 23.2 Å². The lowest BCUT2D eigenvalue weighted by Crippen LogP contribution is -2.48. The number of fused-ring (bicyclic) bond motifs is 7. The molecule has 8 nitrogen and oxygen atoms in total. The van der Waals surface area contributed by atoms with Gasteiger partial charge in [-0.25, -0.2) is 14.8 Å². The van der Waals surface area contributed by atoms with Crippen molar-refractivity contribution in [1.82, 2.24) is 9.97 Å². The highest BCUT2D eigenvalue weighted by molar-refractivity contribution is 6.02. The lowest BCUT2D eigenvalue weighted by Gasteiger charge is -2.39. The summed E-state index contributed by atoms with van der Waals surface area (Å²) in [6.07, 6.45) is 1.52. The van der Waals surface area contributed by atoms with Crippen LogP contribution in [0.5, 0.6) is 11.5 Å². The van der Waals surface area contributed by atoms with E-state index in [0.29, 0.717) is 41.3 Å². The minimum Gasteiger partial charge on any atom is -0.462 e. The second-order valence-corrected chi connectivity index (χ2v) is 10.2. The Kier molecular flexibility index (Phi) is 4.47. The Bertz CT molecular complexity index is 1400. The molecule has 2 unspecified atom stereocenters. The van der Waals surface area contributed by atoms with Gasteiger partial charge in [0.15, 0.2) is 11.5 Å². The fraction of sp³-hybridized carbons (Fsp3) is 0.407. The maximum Gasteiger partial charge on any atom is 0.338 e. The molecule has 3 aromatic rings. The van der Waals surface area contributed by atoms with Gasteiger partial charge in [0.05, 0.1) is 40.0 Å². The number of benzene rings is 2. The number of aromatic nitrogens is 2. The van der Waals surface area contributed by atoms with E-state index in [2.05, 4.69) is 26.1 Å². The number of anilines is 1. The summed E-state index contributed by atoms with van der Waals surface area (Å²) >= 11 is 0. The molecule has 1 N–H and O–H groups in total. The van der Waals surface area contributed by atoms with Crippen molar-refractivity contribution in [2.75, 3.05) is 18.7 Å². The topological polar surface area (TPSA) is 99.6 Å². The maximum absolute atomic E-state index is 14.0. The van der Waals surface area contributed by atoms with Gasteiger partial charge in [-0.3, -0.25) is 4.79 Å². The van der Waals surface area contributed by atoms with Gasteiger partial charge in [0.2, 0.25) is 12.7 Å². The number of ether oxygens (including phenoxy) is 3. The molecule has 2 aromatic carbocycles. The molecule has 0 spiro atoms. The number of nitrogens with one attached hydrogen (secondary N) is 1. The summed E-state index contributed by atoms with van der Waals surface area (Å²) in [5.74, 6) is 0.811. The zero-order valence-electron chi connectivity index (χ0n) is 20.2. The number of carbonyl (C=O) groups is 2. The molecule has 1 amide bonds. The third-order valence-electron chi connectivity index (χ3n) is 8.57. The van der Waals surface area contributed by atoms with E-state index in [0.717, 1.165) is 23.3 Å². The lowest BCUT2D eigenvalue weighted by atomic mass is 9.63. The molecular formula is C27H27N3O5. The fourth-order valence-corrected chi connectivity index (χ4v) is 6.14. The molecule has 35 heavy (non-hydrogen) atoms. The predicted octanol–water partition coefficient (Wildman–Crippen LogP) is 4.50. The zero-order chi connectivity index (χ0) is 24.6. The molecule has 2 aliphatic carbocycles. The predicted molar refractivity (Wildman–Crippen MR) is 129 cm³/mol. The molecule has 2 heterocycles. The summed E-state index contributed by atoms with van der Waals surface area (Å²) in [5, 5.41) is 3.10. The molecule has 2 atom stereocenters. The van der Waals surface area contributed by atoms with Crippen molar-refractivity contribution in [3.63, 3.8) is 0 Å². The molecule has 1 saturated carbocycles. The van der Waals surface area contributed by atoms with Crippen LogP contribution >= 0.6 is 0 Å². The first-order valence-electron chi connectivity index (χ1n) is 11.9. The second-order valence-electron chi connectivity index (χ2n) is 10.2. The SMILES string of the molecule is CCOC(=O)c1ccc(NC(=O)C23CCC(C)(c4nc5cc6c(cc5nc42)OCO6)C3(C)C)cc1. The van der Waals surface area contributed by atoms with Crippen LogP contribution < -0.4 is 14.8 Å². The molecule has 1 aliphatic heterocycles. The van der Waals surface area contributed by atoms with E-state index in [1.54, 1.807) is 31.2 Å². The van der Waals surface area contributed by atoms with Crippen LogP contribution in [0.4, 0.5) is 5.69 Å². The van der Waals surface area contributed by atoms with Crippen LogP contribution in [0.3, 0.4) is 0 Å². The molecule has 3 aliphatic rings. The minimum atomic E-state index is -0.839. The number of nitrogens with zero attached hydrogens (tertiary/aromatic N) is 2. The van der Waals surface area contributed by atoms with Gasteiger partial charge in [-0.05, 0) is 49.4 Å². The molecule has 180 valence electrons. The fourth-order valence-electron chi connectivity index (χ4n) is 6.14. The number of carbonyl (C=O) groups excluding carboxylic acids is 2. The average molecular weight is 474 g/mol. The highest BCUT2D eigenvalue weighted by Gasteiger charge is 2.73. The van der Waals surface area contributed by atoms with E-state index >= 15 is 0 Å². The molecule has 8 heteroatoms. The first kappa shape index (κ1) is 21.8. The number of amides is 1. The Hall–Kier alpha value is -3.68. The van der Waals surface area contributed by atoms with Crippen LogP contribution in [0.1, 0.15) is 62.3 Å². The summed E-state index contributed by atoms with van der Waals surface area (Å²) in [6, 6.07) is 10.5. The normalized spacial score (nSPS) is 24.9. The molecule has 6 rings (SSSR count). The highest BCUT2D eigenvalue weighted by atomic mass is 16.7. The average Bonchev–Trinajstić information content (AvgIpc) is 3.41. The largest absolute Gasteiger partial charge is 0.462 e. The van der Waals surface area contributed by atoms with Crippen molar-refractivity contribution >= 4 is 28.6 Å². The van der Waals surface area contributed by atoms with Gasteiger partial charge in [0.1, 0.15) is 0 Å². The van der Waals surface area contributed by atoms with E-state index < -0.39 is 10.8 Å². The number of rotatable bonds is 4. The molecule has 2 bridgehead atoms. The number of hydrogen-bond acceptors (Lipinski definition) is 7. The summed E-state index contributed by atoms with van der Waals surface area (Å²) in [5.41, 5.74) is 2.56. The summed E-state index contributed by atoms with van der Waals surface area (Å²) in [4.78, 5) is 36.1. The first-order valence-corrected chi connectivity index (χ1v) is 11.9. The number of esters is 1. The molecule has 1 aromatic heterocycles. The Balaban J connectivity index is 1.41. The Morgan fingerprint density at radius 1 is 0.971 bits per heavy atom. The van der Waals surface area contributed by atoms with Gasteiger partial charge in [-0.2, -0.15) is 0 Å². The Morgan fingerprint density at radius 3 is 2.23 bits per heavy atom. The van der Waals surface area contributed by atoms with Crippen molar-refractivity contribution in [1.29, 1.82) is 0 Å². The molecule has 0 radical (unpaired) electrons. The minimum absolute atomic E-state index is 0.108. The van der Waals surface area contributed by atoms with Gasteiger partial charge >= 0.3 is 5.97 Å². The highest BCUT2D eigenvalue weighted by Crippen LogP contribution is 2.70. The molecular weight excluding hydrogens is 446 g/mol. The van der Waals surface area contributed by atoms with E-state index in [9.17, 15) is 9.59 Å². The van der Waals surface area contributed by atoms with Gasteiger partial charge in [0.25, 0.3) is 0 Å². The quantitative estimate of drug-likeness (QED) is 0.557. The standard InChI is InChI=1S/C27H27N3O5/c1-5-33-23(31)15-6-8-16(9-7-15)28-24(32)27-11-10-26(4,25(27,2)3)21-22(27)30-18-13-20-19(34-14-35-20)12-17(18)29-21/h6-9,12-13H,5,10-11,14H2,1-4H3,(H,28,32). The van der Waals surface area contributed by atoms with Gasteiger partial charge in [-0.15, -0.1) is 0 Å². The summed E-state index contributed by atoms with van der Waals surface area (Å²) in [7, 11) is 0. The second kappa shape index (κ2) is 7.16. The van der Waals surface area contributed by atoms with Gasteiger partial charge in [-0.1, -0.05) is 20.8 Å². The Morgan fingerprint density at radius 2 is 1.60 bits per heavy atom. The van der Waals surface area contributed by atoms with Crippen molar-refractivity contribution < 1.29 is 23.8 Å². The van der Waals surface area contributed by atoms with Crippen molar-refractivity contribution in [2.45, 2.75) is 51.4 Å². The lowest BCUT2D eigenvalue weighted by molar-refractivity contribution is -0.125. The van der Waals surface area contributed by atoms with Crippen LogP contribution in [0.25, 0.3) is 11.0 Å². The van der Waals surface area contributed by atoms with Crippen LogP contribution in [-0.2, 0) is 20.4 Å². The van der Waals surface area contributed by atoms with Crippen molar-refractivity contribution in [3.8, 4) is 11.5 Å². The van der Waals surface area contributed by atoms with E-state index in [4.69, 9.17) is 24.2 Å². The third-order valence-corrected chi connectivity index (χ3v) is 8.57. The van der Waals surface area contributed by atoms with E-state index in [1.165, 1.54) is 0 Å². The molecule has 0 saturated heterocycles.